The molecule has 0 saturated carbocycles. The normalized spacial score (nSPS) is 11.1. The van der Waals surface area contributed by atoms with Gasteiger partial charge in [-0.05, 0) is 55.0 Å². The van der Waals surface area contributed by atoms with Crippen molar-refractivity contribution in [2.24, 2.45) is 5.10 Å². The van der Waals surface area contributed by atoms with Crippen LogP contribution in [0.1, 0.15) is 12.5 Å². The van der Waals surface area contributed by atoms with Crippen molar-refractivity contribution in [3.05, 3.63) is 83.6 Å². The third kappa shape index (κ3) is 4.83. The summed E-state index contributed by atoms with van der Waals surface area (Å²) in [5.41, 5.74) is 5.12. The smallest absolute Gasteiger partial charge is 0.324 e. The molecule has 3 rings (SSSR count). The summed E-state index contributed by atoms with van der Waals surface area (Å²) in [6.07, 6.45) is 3.91. The van der Waals surface area contributed by atoms with Crippen molar-refractivity contribution < 1.29 is 9.59 Å². The van der Waals surface area contributed by atoms with Gasteiger partial charge in [0.05, 0.1) is 5.71 Å². The Morgan fingerprint density at radius 1 is 0.963 bits per heavy atom. The maximum Gasteiger partial charge on any atom is 0.329 e. The van der Waals surface area contributed by atoms with Crippen molar-refractivity contribution in [3.8, 4) is 5.69 Å². The van der Waals surface area contributed by atoms with Gasteiger partial charge >= 0.3 is 11.8 Å². The van der Waals surface area contributed by atoms with Crippen LogP contribution < -0.4 is 10.7 Å². The number of halogens is 1. The fraction of sp³-hybridized carbons (Fsp3) is 0.0500. The standard InChI is InChI=1S/C20H17ClN4O2/c1-14(15-7-9-18(10-8-15)25-11-2-3-12-25)23-24-20(27)19(26)22-17-6-4-5-16(21)13-17/h2-13H,1H3,(H,22,26)(H,24,27)/b23-14+. The molecule has 0 spiro atoms. The Hall–Kier alpha value is -3.38. The van der Waals surface area contributed by atoms with Crippen LogP contribution in [0.2, 0.25) is 5.02 Å². The highest BCUT2D eigenvalue weighted by molar-refractivity contribution is 6.39. The van der Waals surface area contributed by atoms with E-state index in [1.54, 1.807) is 31.2 Å². The van der Waals surface area contributed by atoms with Crippen molar-refractivity contribution in [1.82, 2.24) is 9.99 Å². The van der Waals surface area contributed by atoms with Gasteiger partial charge in [-0.1, -0.05) is 29.8 Å². The number of benzene rings is 2. The SMILES string of the molecule is C/C(=N\NC(=O)C(=O)Nc1cccc(Cl)c1)c1ccc(-n2cccc2)cc1. The summed E-state index contributed by atoms with van der Waals surface area (Å²) in [6, 6.07) is 18.1. The second kappa shape index (κ2) is 8.33. The number of anilines is 1. The molecule has 0 bridgehead atoms. The first-order valence-electron chi connectivity index (χ1n) is 8.18. The van der Waals surface area contributed by atoms with E-state index >= 15 is 0 Å². The molecular formula is C20H17ClN4O2. The lowest BCUT2D eigenvalue weighted by Gasteiger charge is -2.06. The van der Waals surface area contributed by atoms with Crippen LogP contribution in [0.5, 0.6) is 0 Å². The summed E-state index contributed by atoms with van der Waals surface area (Å²) in [6.45, 7) is 1.75. The van der Waals surface area contributed by atoms with Crippen LogP contribution in [0.25, 0.3) is 5.69 Å². The highest BCUT2D eigenvalue weighted by atomic mass is 35.5. The van der Waals surface area contributed by atoms with Gasteiger partial charge in [0, 0.05) is 28.8 Å². The Morgan fingerprint density at radius 2 is 1.67 bits per heavy atom. The number of hydrogen-bond acceptors (Lipinski definition) is 3. The zero-order valence-corrected chi connectivity index (χ0v) is 15.3. The molecular weight excluding hydrogens is 364 g/mol. The van der Waals surface area contributed by atoms with E-state index in [2.05, 4.69) is 15.8 Å². The number of nitrogens with one attached hydrogen (secondary N) is 2. The van der Waals surface area contributed by atoms with Crippen molar-refractivity contribution in [2.45, 2.75) is 6.92 Å². The lowest BCUT2D eigenvalue weighted by Crippen LogP contribution is -2.32. The van der Waals surface area contributed by atoms with Crippen molar-refractivity contribution in [3.63, 3.8) is 0 Å². The molecule has 0 aliphatic heterocycles. The van der Waals surface area contributed by atoms with E-state index in [0.29, 0.717) is 16.4 Å². The molecule has 0 saturated heterocycles. The van der Waals surface area contributed by atoms with Gasteiger partial charge in [0.15, 0.2) is 0 Å². The average molecular weight is 381 g/mol. The van der Waals surface area contributed by atoms with Gasteiger partial charge in [0.2, 0.25) is 0 Å². The van der Waals surface area contributed by atoms with E-state index in [1.807, 2.05) is 53.4 Å². The Labute approximate surface area is 161 Å². The van der Waals surface area contributed by atoms with Crippen molar-refractivity contribution in [1.29, 1.82) is 0 Å². The van der Waals surface area contributed by atoms with Crippen LogP contribution >= 0.6 is 11.6 Å². The zero-order chi connectivity index (χ0) is 19.2. The predicted molar refractivity (Wildman–Crippen MR) is 106 cm³/mol. The molecule has 1 aromatic heterocycles. The second-order valence-corrected chi connectivity index (χ2v) is 6.18. The van der Waals surface area contributed by atoms with Gasteiger partial charge in [-0.2, -0.15) is 5.10 Å². The van der Waals surface area contributed by atoms with E-state index in [0.717, 1.165) is 11.3 Å². The molecule has 0 aliphatic carbocycles. The monoisotopic (exact) mass is 380 g/mol. The number of carbonyl (C=O) groups is 2. The highest BCUT2D eigenvalue weighted by Gasteiger charge is 2.13. The number of hydrogen-bond donors (Lipinski definition) is 2. The van der Waals surface area contributed by atoms with Crippen LogP contribution in [-0.4, -0.2) is 22.1 Å². The molecule has 0 radical (unpaired) electrons. The minimum Gasteiger partial charge on any atom is -0.324 e. The summed E-state index contributed by atoms with van der Waals surface area (Å²) < 4.78 is 1.98. The Kier molecular flexibility index (Phi) is 5.68. The Balaban J connectivity index is 1.60. The number of aromatic nitrogens is 1. The zero-order valence-electron chi connectivity index (χ0n) is 14.5. The number of carbonyl (C=O) groups excluding carboxylic acids is 2. The molecule has 3 aromatic rings. The molecule has 1 heterocycles. The Morgan fingerprint density at radius 3 is 2.33 bits per heavy atom. The molecule has 2 amide bonds. The first-order chi connectivity index (χ1) is 13.0. The van der Waals surface area contributed by atoms with Gasteiger partial charge in [-0.15, -0.1) is 0 Å². The minimum absolute atomic E-state index is 0.434. The number of nitrogens with zero attached hydrogens (tertiary/aromatic N) is 2. The first kappa shape index (κ1) is 18.4. The minimum atomic E-state index is -0.863. The molecule has 2 aromatic carbocycles. The van der Waals surface area contributed by atoms with Gasteiger partial charge in [0.1, 0.15) is 0 Å². The van der Waals surface area contributed by atoms with E-state index in [-0.39, 0.29) is 0 Å². The average Bonchev–Trinajstić information content (AvgIpc) is 3.20. The maximum atomic E-state index is 11.9. The topological polar surface area (TPSA) is 75.5 Å². The molecule has 2 N–H and O–H groups in total. The van der Waals surface area contributed by atoms with Crippen LogP contribution in [0.4, 0.5) is 5.69 Å². The van der Waals surface area contributed by atoms with Crippen LogP contribution in [0.3, 0.4) is 0 Å². The Bertz CT molecular complexity index is 979. The highest BCUT2D eigenvalue weighted by Crippen LogP contribution is 2.14. The number of rotatable bonds is 4. The summed E-state index contributed by atoms with van der Waals surface area (Å²) in [7, 11) is 0. The van der Waals surface area contributed by atoms with Gasteiger partial charge in [-0.3, -0.25) is 9.59 Å². The van der Waals surface area contributed by atoms with E-state index in [4.69, 9.17) is 11.6 Å². The van der Waals surface area contributed by atoms with E-state index < -0.39 is 11.8 Å². The van der Waals surface area contributed by atoms with E-state index in [9.17, 15) is 9.59 Å². The first-order valence-corrected chi connectivity index (χ1v) is 8.56. The molecule has 0 fully saturated rings. The third-order valence-corrected chi connectivity index (χ3v) is 4.04. The van der Waals surface area contributed by atoms with Crippen LogP contribution in [0.15, 0.2) is 78.2 Å². The van der Waals surface area contributed by atoms with E-state index in [1.165, 1.54) is 0 Å². The van der Waals surface area contributed by atoms with Crippen LogP contribution in [0, 0.1) is 0 Å². The fourth-order valence-electron chi connectivity index (χ4n) is 2.39. The number of hydrazone groups is 1. The second-order valence-electron chi connectivity index (χ2n) is 5.74. The third-order valence-electron chi connectivity index (χ3n) is 3.80. The molecule has 0 atom stereocenters. The summed E-state index contributed by atoms with van der Waals surface area (Å²) >= 11 is 5.85. The van der Waals surface area contributed by atoms with Gasteiger partial charge in [0.25, 0.3) is 0 Å². The summed E-state index contributed by atoms with van der Waals surface area (Å²) in [5, 5.41) is 6.92. The summed E-state index contributed by atoms with van der Waals surface area (Å²) in [5.74, 6) is -1.69. The lowest BCUT2D eigenvalue weighted by molar-refractivity contribution is -0.136. The molecule has 27 heavy (non-hydrogen) atoms. The number of amides is 2. The fourth-order valence-corrected chi connectivity index (χ4v) is 2.58. The quantitative estimate of drug-likeness (QED) is 0.412. The van der Waals surface area contributed by atoms with Gasteiger partial charge < -0.3 is 9.88 Å². The van der Waals surface area contributed by atoms with Crippen LogP contribution in [-0.2, 0) is 9.59 Å². The lowest BCUT2D eigenvalue weighted by atomic mass is 10.1. The molecule has 0 aliphatic rings. The molecule has 0 unspecified atom stereocenters. The molecule has 7 heteroatoms. The molecule has 136 valence electrons. The van der Waals surface area contributed by atoms with Crippen molar-refractivity contribution >= 4 is 34.8 Å². The van der Waals surface area contributed by atoms with Crippen molar-refractivity contribution in [2.75, 3.05) is 5.32 Å². The largest absolute Gasteiger partial charge is 0.329 e. The predicted octanol–water partition coefficient (Wildman–Crippen LogP) is 3.61. The summed E-state index contributed by atoms with van der Waals surface area (Å²) in [4.78, 5) is 23.8. The molecule has 6 nitrogen and oxygen atoms in total. The van der Waals surface area contributed by atoms with Gasteiger partial charge in [-0.25, -0.2) is 5.43 Å². The maximum absolute atomic E-state index is 11.9.